The van der Waals surface area contributed by atoms with Crippen LogP contribution in [0.5, 0.6) is 0 Å². The third-order valence-corrected chi connectivity index (χ3v) is 3.49. The third kappa shape index (κ3) is 1.96. The average Bonchev–Trinajstić information content (AvgIpc) is 2.84. The van der Waals surface area contributed by atoms with E-state index in [1.165, 1.54) is 0 Å². The number of nitrogens with zero attached hydrogens (tertiary/aromatic N) is 2. The number of carboxylic acid groups (broad SMARTS) is 1. The highest BCUT2D eigenvalue weighted by Crippen LogP contribution is 2.33. The summed E-state index contributed by atoms with van der Waals surface area (Å²) >= 11 is 5.97. The van der Waals surface area contributed by atoms with Gasteiger partial charge in [-0.3, -0.25) is 0 Å². The van der Waals surface area contributed by atoms with E-state index >= 15 is 0 Å². The molecule has 0 amide bonds. The highest BCUT2D eigenvalue weighted by molar-refractivity contribution is 6.30. The fourth-order valence-electron chi connectivity index (χ4n) is 2.41. The van der Waals surface area contributed by atoms with E-state index < -0.39 is 5.97 Å². The number of carbonyl (C=O) groups is 1. The Morgan fingerprint density at radius 3 is 3.05 bits per heavy atom. The molecule has 1 aromatic heterocycles. The van der Waals surface area contributed by atoms with Crippen molar-refractivity contribution < 1.29 is 9.90 Å². The highest BCUT2D eigenvalue weighted by atomic mass is 35.5. The Hall–Kier alpha value is -2.01. The van der Waals surface area contributed by atoms with Crippen LogP contribution in [0.3, 0.4) is 0 Å². The first-order chi connectivity index (χ1) is 9.06. The molecule has 1 atom stereocenters. The first-order valence-electron chi connectivity index (χ1n) is 5.89. The van der Waals surface area contributed by atoms with Crippen LogP contribution in [0.1, 0.15) is 27.7 Å². The summed E-state index contributed by atoms with van der Waals surface area (Å²) in [6.07, 6.45) is 0. The van der Waals surface area contributed by atoms with Crippen molar-refractivity contribution in [1.82, 2.24) is 9.78 Å². The van der Waals surface area contributed by atoms with Gasteiger partial charge in [-0.2, -0.15) is 5.10 Å². The summed E-state index contributed by atoms with van der Waals surface area (Å²) in [6, 6.07) is 7.53. The molecule has 0 saturated heterocycles. The van der Waals surface area contributed by atoms with Gasteiger partial charge in [-0.15, -0.1) is 0 Å². The normalized spacial score (nSPS) is 17.1. The average molecular weight is 278 g/mol. The molecule has 19 heavy (non-hydrogen) atoms. The molecule has 0 bridgehead atoms. The summed E-state index contributed by atoms with van der Waals surface area (Å²) < 4.78 is 1.70. The second-order valence-corrected chi connectivity index (χ2v) is 4.98. The quantitative estimate of drug-likeness (QED) is 0.886. The number of hydrogen-bond acceptors (Lipinski definition) is 3. The van der Waals surface area contributed by atoms with E-state index in [1.54, 1.807) is 11.6 Å². The standard InChI is InChI=1S/C13H12ClN3O2/c1-7-11(13(18)19)12-15-10(6-17(12)16-7)8-3-2-4-9(14)5-8/h2-5,10,15H,6H2,1H3,(H,18,19)/t10-/m1/s1. The van der Waals surface area contributed by atoms with Crippen molar-refractivity contribution in [3.63, 3.8) is 0 Å². The maximum atomic E-state index is 11.2. The minimum atomic E-state index is -0.960. The molecule has 1 aliphatic rings. The van der Waals surface area contributed by atoms with Crippen LogP contribution in [0.25, 0.3) is 0 Å². The lowest BCUT2D eigenvalue weighted by Gasteiger charge is -2.11. The zero-order chi connectivity index (χ0) is 13.6. The first kappa shape index (κ1) is 12.0. The Morgan fingerprint density at radius 1 is 1.58 bits per heavy atom. The minimum absolute atomic E-state index is 0.0000926. The number of anilines is 1. The SMILES string of the molecule is Cc1nn2c(c1C(=O)O)N[C@@H](c1cccc(Cl)c1)C2. The topological polar surface area (TPSA) is 67.2 Å². The number of rotatable bonds is 2. The number of benzene rings is 1. The summed E-state index contributed by atoms with van der Waals surface area (Å²) in [6.45, 7) is 2.30. The van der Waals surface area contributed by atoms with Crippen molar-refractivity contribution in [3.05, 3.63) is 46.1 Å². The van der Waals surface area contributed by atoms with Crippen molar-refractivity contribution in [1.29, 1.82) is 0 Å². The van der Waals surface area contributed by atoms with Crippen molar-refractivity contribution in [2.45, 2.75) is 19.5 Å². The number of aromatic carboxylic acids is 1. The van der Waals surface area contributed by atoms with Gasteiger partial charge in [0.05, 0.1) is 18.3 Å². The summed E-state index contributed by atoms with van der Waals surface area (Å²) in [4.78, 5) is 11.2. The molecule has 2 heterocycles. The molecule has 0 spiro atoms. The van der Waals surface area contributed by atoms with E-state index in [0.29, 0.717) is 23.1 Å². The van der Waals surface area contributed by atoms with Crippen molar-refractivity contribution in [2.24, 2.45) is 0 Å². The van der Waals surface area contributed by atoms with Crippen molar-refractivity contribution >= 4 is 23.4 Å². The van der Waals surface area contributed by atoms with E-state index in [1.807, 2.05) is 24.3 Å². The summed E-state index contributed by atoms with van der Waals surface area (Å²) in [7, 11) is 0. The van der Waals surface area contributed by atoms with Gasteiger partial charge in [-0.25, -0.2) is 9.48 Å². The van der Waals surface area contributed by atoms with Gasteiger partial charge in [0.15, 0.2) is 0 Å². The molecule has 2 N–H and O–H groups in total. The molecule has 1 aromatic carbocycles. The zero-order valence-electron chi connectivity index (χ0n) is 10.2. The lowest BCUT2D eigenvalue weighted by atomic mass is 10.1. The predicted octanol–water partition coefficient (Wildman–Crippen LogP) is 2.71. The van der Waals surface area contributed by atoms with E-state index in [2.05, 4.69) is 10.4 Å². The van der Waals surface area contributed by atoms with Crippen LogP contribution in [0.15, 0.2) is 24.3 Å². The van der Waals surface area contributed by atoms with Gasteiger partial charge >= 0.3 is 5.97 Å². The number of halogens is 1. The van der Waals surface area contributed by atoms with Gasteiger partial charge in [-0.1, -0.05) is 23.7 Å². The molecule has 6 heteroatoms. The van der Waals surface area contributed by atoms with Gasteiger partial charge in [-0.05, 0) is 24.6 Å². The molecule has 5 nitrogen and oxygen atoms in total. The second-order valence-electron chi connectivity index (χ2n) is 4.55. The van der Waals surface area contributed by atoms with Crippen LogP contribution in [-0.2, 0) is 6.54 Å². The number of aryl methyl sites for hydroxylation is 1. The van der Waals surface area contributed by atoms with Crippen LogP contribution in [0.4, 0.5) is 5.82 Å². The van der Waals surface area contributed by atoms with Crippen LogP contribution < -0.4 is 5.32 Å². The molecule has 0 radical (unpaired) electrons. The fourth-order valence-corrected chi connectivity index (χ4v) is 2.61. The Balaban J connectivity index is 1.95. The summed E-state index contributed by atoms with van der Waals surface area (Å²) in [5.74, 6) is -0.395. The van der Waals surface area contributed by atoms with E-state index in [4.69, 9.17) is 11.6 Å². The lowest BCUT2D eigenvalue weighted by Crippen LogP contribution is -2.09. The van der Waals surface area contributed by atoms with Crippen molar-refractivity contribution in [2.75, 3.05) is 5.32 Å². The van der Waals surface area contributed by atoms with E-state index in [9.17, 15) is 9.90 Å². The van der Waals surface area contributed by atoms with Crippen LogP contribution in [0.2, 0.25) is 5.02 Å². The molecule has 0 fully saturated rings. The van der Waals surface area contributed by atoms with Crippen LogP contribution >= 0.6 is 11.6 Å². The fraction of sp³-hybridized carbons (Fsp3) is 0.231. The molecule has 1 aliphatic heterocycles. The maximum Gasteiger partial charge on any atom is 0.341 e. The Labute approximate surface area is 114 Å². The first-order valence-corrected chi connectivity index (χ1v) is 6.27. The number of aromatic nitrogens is 2. The zero-order valence-corrected chi connectivity index (χ0v) is 11.0. The molecule has 98 valence electrons. The monoisotopic (exact) mass is 277 g/mol. The smallest absolute Gasteiger partial charge is 0.341 e. The molecule has 0 aliphatic carbocycles. The highest BCUT2D eigenvalue weighted by Gasteiger charge is 2.30. The number of nitrogens with one attached hydrogen (secondary N) is 1. The molecular formula is C13H12ClN3O2. The third-order valence-electron chi connectivity index (χ3n) is 3.26. The van der Waals surface area contributed by atoms with Gasteiger partial charge in [0.1, 0.15) is 11.4 Å². The van der Waals surface area contributed by atoms with Crippen molar-refractivity contribution in [3.8, 4) is 0 Å². The maximum absolute atomic E-state index is 11.2. The number of carboxylic acids is 1. The molecule has 2 aromatic rings. The van der Waals surface area contributed by atoms with Gasteiger partial charge in [0.2, 0.25) is 0 Å². The summed E-state index contributed by atoms with van der Waals surface area (Å²) in [5, 5.41) is 17.3. The van der Waals surface area contributed by atoms with Crippen LogP contribution in [-0.4, -0.2) is 20.9 Å². The van der Waals surface area contributed by atoms with Gasteiger partial charge < -0.3 is 10.4 Å². The van der Waals surface area contributed by atoms with Crippen LogP contribution in [0, 0.1) is 6.92 Å². The number of fused-ring (bicyclic) bond motifs is 1. The lowest BCUT2D eigenvalue weighted by molar-refractivity contribution is 0.0697. The molecular weight excluding hydrogens is 266 g/mol. The number of hydrogen-bond donors (Lipinski definition) is 2. The summed E-state index contributed by atoms with van der Waals surface area (Å²) in [5.41, 5.74) is 1.79. The molecule has 0 unspecified atom stereocenters. The van der Waals surface area contributed by atoms with E-state index in [0.717, 1.165) is 5.56 Å². The Bertz CT molecular complexity index is 666. The Kier molecular flexibility index (Phi) is 2.71. The van der Waals surface area contributed by atoms with E-state index in [-0.39, 0.29) is 11.6 Å². The van der Waals surface area contributed by atoms with Gasteiger partial charge in [0.25, 0.3) is 0 Å². The Morgan fingerprint density at radius 2 is 2.37 bits per heavy atom. The molecule has 3 rings (SSSR count). The second kappa shape index (κ2) is 4.28. The minimum Gasteiger partial charge on any atom is -0.477 e. The van der Waals surface area contributed by atoms with Gasteiger partial charge in [0, 0.05) is 5.02 Å². The largest absolute Gasteiger partial charge is 0.477 e. The predicted molar refractivity (Wildman–Crippen MR) is 71.7 cm³/mol. The molecule has 0 saturated carbocycles.